The van der Waals surface area contributed by atoms with Gasteiger partial charge in [0.15, 0.2) is 11.9 Å². The molecule has 18 heteroatoms. The topological polar surface area (TPSA) is 201 Å². The Kier molecular flexibility index (Phi) is 13.2. The molecule has 16 nitrogen and oxygen atoms in total. The van der Waals surface area contributed by atoms with E-state index < -0.39 is 53.1 Å². The first-order chi connectivity index (χ1) is 25.3. The van der Waals surface area contributed by atoms with E-state index in [-0.39, 0.29) is 35.0 Å². The maximum atomic E-state index is 13.8. The molecule has 3 amide bonds. The van der Waals surface area contributed by atoms with Gasteiger partial charge in [0, 0.05) is 36.5 Å². The smallest absolute Gasteiger partial charge is 0.355 e. The molecule has 4 aliphatic rings. The number of allylic oxidation sites excluding steroid dienone is 5. The molecule has 4 heterocycles. The minimum atomic E-state index is -1.02. The van der Waals surface area contributed by atoms with Crippen LogP contribution in [0.3, 0.4) is 0 Å². The second-order valence-electron chi connectivity index (χ2n) is 12.8. The number of esters is 2. The molecule has 1 fully saturated rings. The summed E-state index contributed by atoms with van der Waals surface area (Å²) in [5.74, 6) is -2.39. The minimum absolute atomic E-state index is 0. The lowest BCUT2D eigenvalue weighted by atomic mass is 10.0. The fourth-order valence-corrected chi connectivity index (χ4v) is 6.80. The molecule has 2 N–H and O–H groups in total. The summed E-state index contributed by atoms with van der Waals surface area (Å²) >= 11 is 1.36. The number of nitrogens with zero attached hydrogens (tertiary/aromatic N) is 5. The molecule has 2 atom stereocenters. The number of nitriles is 1. The van der Waals surface area contributed by atoms with Gasteiger partial charge >= 0.3 is 11.9 Å². The number of oxime groups is 1. The molecule has 0 bridgehead atoms. The molecule has 0 aliphatic carbocycles. The normalized spacial score (nSPS) is 18.9. The van der Waals surface area contributed by atoms with Crippen LogP contribution in [0.1, 0.15) is 32.8 Å². The fourth-order valence-electron chi connectivity index (χ4n) is 5.47. The molecule has 0 radical (unpaired) electrons. The lowest BCUT2D eigenvalue weighted by Gasteiger charge is -2.50. The number of hydrogen-bond donors (Lipinski definition) is 2. The first-order valence-corrected chi connectivity index (χ1v) is 17.3. The van der Waals surface area contributed by atoms with Crippen LogP contribution in [-0.4, -0.2) is 94.9 Å². The van der Waals surface area contributed by atoms with Gasteiger partial charge < -0.3 is 29.3 Å². The van der Waals surface area contributed by atoms with Crippen molar-refractivity contribution in [3.05, 3.63) is 88.6 Å². The largest absolute Gasteiger partial charge is 0.497 e. The van der Waals surface area contributed by atoms with Crippen molar-refractivity contribution in [3.8, 4) is 11.9 Å². The van der Waals surface area contributed by atoms with Crippen LogP contribution in [0, 0.1) is 11.5 Å². The van der Waals surface area contributed by atoms with Crippen LogP contribution in [0.25, 0.3) is 0 Å². The number of carbonyl (C=O) groups is 5. The molecule has 1 saturated heterocycles. The summed E-state index contributed by atoms with van der Waals surface area (Å²) in [4.78, 5) is 77.1. The molecule has 0 aromatic heterocycles. The van der Waals surface area contributed by atoms with Gasteiger partial charge in [0.05, 0.1) is 13.5 Å². The number of methoxy groups -OCH3 is 1. The van der Waals surface area contributed by atoms with Gasteiger partial charge in [-0.3, -0.25) is 39.1 Å². The van der Waals surface area contributed by atoms with Gasteiger partial charge in [0.25, 0.3) is 17.7 Å². The summed E-state index contributed by atoms with van der Waals surface area (Å²) in [5.41, 5.74) is 1.86. The number of benzene rings is 1. The summed E-state index contributed by atoms with van der Waals surface area (Å²) < 4.78 is 16.2. The van der Waals surface area contributed by atoms with E-state index in [2.05, 4.69) is 15.5 Å². The van der Waals surface area contributed by atoms with Crippen molar-refractivity contribution in [2.45, 2.75) is 50.8 Å². The highest BCUT2D eigenvalue weighted by atomic mass is 32.2. The zero-order chi connectivity index (χ0) is 38.3. The van der Waals surface area contributed by atoms with Crippen LogP contribution in [0.2, 0.25) is 0 Å². The van der Waals surface area contributed by atoms with E-state index >= 15 is 0 Å². The monoisotopic (exact) mass is 763 g/mol. The highest BCUT2D eigenvalue weighted by Gasteiger charge is 2.54. The van der Waals surface area contributed by atoms with Crippen LogP contribution in [-0.2, 0) is 44.9 Å². The van der Waals surface area contributed by atoms with Gasteiger partial charge in [-0.25, -0.2) is 4.79 Å². The van der Waals surface area contributed by atoms with Crippen LogP contribution in [0.15, 0.2) is 93.2 Å². The zero-order valence-electron chi connectivity index (χ0n) is 30.0. The van der Waals surface area contributed by atoms with Crippen molar-refractivity contribution in [3.63, 3.8) is 0 Å². The Morgan fingerprint density at radius 2 is 1.80 bits per heavy atom. The van der Waals surface area contributed by atoms with E-state index in [1.807, 2.05) is 10.2 Å². The molecule has 1 aromatic rings. The van der Waals surface area contributed by atoms with E-state index in [1.54, 1.807) is 89.0 Å². The number of nitrogens with one attached hydrogen (secondary N) is 2. The first kappa shape index (κ1) is 40.5. The number of carbonyl (C=O) groups excluding carboxylic acids is 5. The van der Waals surface area contributed by atoms with Crippen molar-refractivity contribution in [2.24, 2.45) is 10.1 Å². The zero-order valence-corrected chi connectivity index (χ0v) is 30.8. The number of hydrogen-bond acceptors (Lipinski definition) is 14. The maximum Gasteiger partial charge on any atom is 0.355 e. The van der Waals surface area contributed by atoms with Gasteiger partial charge in [0.1, 0.15) is 47.9 Å². The Hall–Kier alpha value is -6.22. The lowest BCUT2D eigenvalue weighted by Crippen LogP contribution is -2.71. The molecule has 284 valence electrons. The summed E-state index contributed by atoms with van der Waals surface area (Å²) in [7, 11) is 2.77. The molecule has 2 unspecified atom stereocenters. The quantitative estimate of drug-likeness (QED) is 0.0788. The number of rotatable bonds is 12. The average Bonchev–Trinajstić information content (AvgIpc) is 3.63. The number of amides is 3. The third-order valence-electron chi connectivity index (χ3n) is 7.89. The second-order valence-corrected chi connectivity index (χ2v) is 13.9. The number of ether oxygens (including phenoxy) is 3. The lowest BCUT2D eigenvalue weighted by molar-refractivity contribution is -0.154. The Morgan fingerprint density at radius 3 is 2.43 bits per heavy atom. The summed E-state index contributed by atoms with van der Waals surface area (Å²) in [6.45, 7) is 5.23. The predicted octanol–water partition coefficient (Wildman–Crippen LogP) is 2.48. The number of fused-ring (bicyclic) bond motifs is 1. The van der Waals surface area contributed by atoms with E-state index in [4.69, 9.17) is 24.3 Å². The van der Waals surface area contributed by atoms with E-state index in [1.165, 1.54) is 30.0 Å². The SMILES string of the molecule is CO/N=C(\CC(=O)OC(C)(C)C)C(=O)NC1C(=O)N2C(C(=O)OCc3ccc(OC)cc3)=C(CN3C=CC(=C4C=NC(C(=O)NC#N)=C4)C=C3)CSC12.F. The average molecular weight is 764 g/mol. The molecule has 1 aromatic carbocycles. The van der Waals surface area contributed by atoms with Gasteiger partial charge in [0.2, 0.25) is 0 Å². The molecule has 5 rings (SSSR count). The first-order valence-electron chi connectivity index (χ1n) is 16.2. The minimum Gasteiger partial charge on any atom is -0.497 e. The van der Waals surface area contributed by atoms with Crippen molar-refractivity contribution in [2.75, 3.05) is 26.5 Å². The van der Waals surface area contributed by atoms with Gasteiger partial charge in [-0.2, -0.15) is 5.26 Å². The summed E-state index contributed by atoms with van der Waals surface area (Å²) in [5, 5.41) is 16.4. The van der Waals surface area contributed by atoms with Gasteiger partial charge in [-0.05, 0) is 67.8 Å². The third kappa shape index (κ3) is 9.60. The van der Waals surface area contributed by atoms with E-state index in [0.717, 1.165) is 5.57 Å². The molecule has 0 spiro atoms. The van der Waals surface area contributed by atoms with Crippen molar-refractivity contribution in [1.29, 1.82) is 5.26 Å². The number of aliphatic imine (C=N–C) groups is 1. The summed E-state index contributed by atoms with van der Waals surface area (Å²) in [6.07, 6.45) is 11.4. The molecular weight excluding hydrogens is 726 g/mol. The fraction of sp³-hybridized carbons (Fsp3) is 0.333. The van der Waals surface area contributed by atoms with Gasteiger partial charge in [-0.1, -0.05) is 17.3 Å². The van der Waals surface area contributed by atoms with Gasteiger partial charge in [-0.15, -0.1) is 11.8 Å². The van der Waals surface area contributed by atoms with Crippen LogP contribution < -0.4 is 15.4 Å². The van der Waals surface area contributed by atoms with Crippen molar-refractivity contribution >= 4 is 53.3 Å². The molecule has 54 heavy (non-hydrogen) atoms. The predicted molar refractivity (Wildman–Crippen MR) is 195 cm³/mol. The van der Waals surface area contributed by atoms with Crippen molar-refractivity contribution < 1.29 is 47.7 Å². The van der Waals surface area contributed by atoms with Crippen molar-refractivity contribution in [1.82, 2.24) is 20.4 Å². The Morgan fingerprint density at radius 1 is 1.09 bits per heavy atom. The number of halogens is 1. The van der Waals surface area contributed by atoms with E-state index in [9.17, 15) is 24.0 Å². The molecule has 4 aliphatic heterocycles. The Bertz CT molecular complexity index is 1940. The van der Waals surface area contributed by atoms with Crippen LogP contribution >= 0.6 is 11.8 Å². The Balaban J connectivity index is 0.00000650. The molecule has 0 saturated carbocycles. The highest BCUT2D eigenvalue weighted by molar-refractivity contribution is 8.00. The maximum absolute atomic E-state index is 13.8. The van der Waals surface area contributed by atoms with Crippen LogP contribution in [0.5, 0.6) is 5.75 Å². The second kappa shape index (κ2) is 17.5. The number of β-lactam (4-membered cyclic amide) rings is 1. The van der Waals surface area contributed by atoms with E-state index in [0.29, 0.717) is 28.2 Å². The Labute approximate surface area is 314 Å². The number of thioether (sulfide) groups is 1. The standard InChI is InChI=1S/C36H37N7O9S.FH/c1-36(2,3)52-28(44)15-27(41-50-5)32(46)40-29-33(47)43-30(35(48)51-18-21-6-8-25(49-4)9-7-21)24(19-53-34(29)43)17-42-12-10-22(11-13-42)23-14-26(38-16-23)31(45)39-20-37;/h6-14,16,29,34H,15,17-19H2,1-5H3,(H,39,45)(H,40,46);1H/b41-27+;. The molecular formula is C36H38FN7O9S. The highest BCUT2D eigenvalue weighted by Crippen LogP contribution is 2.41. The third-order valence-corrected chi connectivity index (χ3v) is 9.23. The van der Waals surface area contributed by atoms with Crippen LogP contribution in [0.4, 0.5) is 4.70 Å². The summed E-state index contributed by atoms with van der Waals surface area (Å²) in [6, 6.07) is 5.98.